The lowest BCUT2D eigenvalue weighted by molar-refractivity contribution is -0.199. The molecule has 152 valence electrons. The van der Waals surface area contributed by atoms with Crippen LogP contribution in [-0.4, -0.2) is 28.4 Å². The molecule has 1 spiro atoms. The molecule has 1 heterocycles. The van der Waals surface area contributed by atoms with Crippen molar-refractivity contribution in [3.63, 3.8) is 0 Å². The van der Waals surface area contributed by atoms with Crippen molar-refractivity contribution in [3.05, 3.63) is 16.7 Å². The highest BCUT2D eigenvalue weighted by molar-refractivity contribution is 5.95. The first kappa shape index (κ1) is 19.3. The number of rotatable bonds is 4. The van der Waals surface area contributed by atoms with Crippen LogP contribution in [0.3, 0.4) is 0 Å². The molecule has 0 amide bonds. The van der Waals surface area contributed by atoms with E-state index in [4.69, 9.17) is 4.74 Å². The first-order chi connectivity index (χ1) is 13.2. The van der Waals surface area contributed by atoms with E-state index in [1.165, 1.54) is 0 Å². The van der Waals surface area contributed by atoms with Gasteiger partial charge in [0.25, 0.3) is 0 Å². The molecule has 5 rings (SSSR count). The molecule has 3 saturated carbocycles. The largest absolute Gasteiger partial charge is 0.507 e. The maximum Gasteiger partial charge on any atom is 0.157 e. The smallest absolute Gasteiger partial charge is 0.157 e. The summed E-state index contributed by atoms with van der Waals surface area (Å²) < 4.78 is 6.57. The minimum atomic E-state index is -0.483. The molecule has 4 aliphatic rings. The second-order valence-electron chi connectivity index (χ2n) is 10.0. The van der Waals surface area contributed by atoms with E-state index in [1.54, 1.807) is 0 Å². The molecule has 1 aromatic rings. The number of hydrogen-bond acceptors (Lipinski definition) is 5. The molecule has 0 unspecified atom stereocenters. The number of carbonyl (C=O) groups is 2. The van der Waals surface area contributed by atoms with Gasteiger partial charge in [0.1, 0.15) is 22.8 Å². The topological polar surface area (TPSA) is 83.8 Å². The van der Waals surface area contributed by atoms with Crippen LogP contribution in [0.1, 0.15) is 92.0 Å². The molecule has 2 bridgehead atoms. The van der Waals surface area contributed by atoms with Gasteiger partial charge in [0.05, 0.1) is 11.1 Å². The van der Waals surface area contributed by atoms with Crippen molar-refractivity contribution in [1.29, 1.82) is 0 Å². The van der Waals surface area contributed by atoms with Crippen molar-refractivity contribution in [2.75, 3.05) is 0 Å². The molecule has 1 aliphatic heterocycles. The van der Waals surface area contributed by atoms with E-state index >= 15 is 0 Å². The molecule has 0 saturated heterocycles. The minimum Gasteiger partial charge on any atom is -0.507 e. The van der Waals surface area contributed by atoms with Crippen molar-refractivity contribution in [1.82, 2.24) is 0 Å². The van der Waals surface area contributed by atoms with Crippen molar-refractivity contribution in [2.24, 2.45) is 23.2 Å². The number of aromatic hydroxyl groups is 2. The van der Waals surface area contributed by atoms with Crippen LogP contribution < -0.4 is 4.74 Å². The summed E-state index contributed by atoms with van der Waals surface area (Å²) in [6.45, 7) is 8.86. The zero-order valence-electron chi connectivity index (χ0n) is 17.1. The van der Waals surface area contributed by atoms with Gasteiger partial charge in [-0.2, -0.15) is 0 Å². The fraction of sp³-hybridized carbons (Fsp3) is 0.652. The van der Waals surface area contributed by atoms with Crippen LogP contribution in [0.25, 0.3) is 0 Å². The summed E-state index contributed by atoms with van der Waals surface area (Å²) in [7, 11) is 0. The van der Waals surface area contributed by atoms with Crippen LogP contribution in [0.15, 0.2) is 0 Å². The predicted molar refractivity (Wildman–Crippen MR) is 105 cm³/mol. The predicted octanol–water partition coefficient (Wildman–Crippen LogP) is 4.83. The summed E-state index contributed by atoms with van der Waals surface area (Å²) in [6, 6.07) is 0. The summed E-state index contributed by atoms with van der Waals surface area (Å²) >= 11 is 0. The third-order valence-electron chi connectivity index (χ3n) is 7.83. The van der Waals surface area contributed by atoms with E-state index < -0.39 is 5.75 Å². The number of phenolic OH excluding ortho intramolecular Hbond substituents is 2. The van der Waals surface area contributed by atoms with Crippen molar-refractivity contribution in [3.8, 4) is 17.2 Å². The van der Waals surface area contributed by atoms with Crippen LogP contribution in [0, 0.1) is 23.2 Å². The molecular formula is C23H30O5. The molecule has 3 fully saturated rings. The Bertz CT molecular complexity index is 838. The molecule has 1 aromatic carbocycles. The van der Waals surface area contributed by atoms with E-state index in [1.807, 2.05) is 0 Å². The molecule has 5 heteroatoms. The van der Waals surface area contributed by atoms with Gasteiger partial charge in [-0.3, -0.25) is 9.59 Å². The highest BCUT2D eigenvalue weighted by Gasteiger charge is 2.64. The standard InChI is InChI=1S/C23H30O5/c1-12(2)7-13-9-23(6-5-14-8-17(23)22(14,3)4)28-21-16(11-25)19(26)15(10-24)20(27)18(13)21/h10-14,17,26-27H,5-9H2,1-4H3/t13-,14-,17+,23+/m0/s1. The Kier molecular flexibility index (Phi) is 4.29. The first-order valence-corrected chi connectivity index (χ1v) is 10.4. The second kappa shape index (κ2) is 6.23. The average molecular weight is 386 g/mol. The van der Waals surface area contributed by atoms with Crippen LogP contribution in [0.2, 0.25) is 0 Å². The molecular weight excluding hydrogens is 356 g/mol. The SMILES string of the molecule is CC(C)C[C@H]1C[C@@]2(CC[C@H]3C[C@@H]2C3(C)C)Oc2c(C=O)c(O)c(C=O)c(O)c21. The van der Waals surface area contributed by atoms with Gasteiger partial charge in [0, 0.05) is 11.5 Å². The van der Waals surface area contributed by atoms with Crippen molar-refractivity contribution < 1.29 is 24.5 Å². The summed E-state index contributed by atoms with van der Waals surface area (Å²) in [4.78, 5) is 23.4. The Labute approximate surface area is 166 Å². The Morgan fingerprint density at radius 2 is 1.82 bits per heavy atom. The lowest BCUT2D eigenvalue weighted by atomic mass is 9.42. The Morgan fingerprint density at radius 1 is 1.14 bits per heavy atom. The van der Waals surface area contributed by atoms with Gasteiger partial charge in [-0.05, 0) is 55.3 Å². The zero-order valence-corrected chi connectivity index (χ0v) is 17.1. The van der Waals surface area contributed by atoms with Gasteiger partial charge in [0.15, 0.2) is 12.6 Å². The van der Waals surface area contributed by atoms with Crippen molar-refractivity contribution in [2.45, 2.75) is 71.3 Å². The Morgan fingerprint density at radius 3 is 2.36 bits per heavy atom. The molecule has 2 N–H and O–H groups in total. The normalized spacial score (nSPS) is 32.4. The molecule has 4 atom stereocenters. The van der Waals surface area contributed by atoms with E-state index in [0.29, 0.717) is 35.9 Å². The number of carbonyl (C=O) groups excluding carboxylic acids is 2. The van der Waals surface area contributed by atoms with E-state index in [2.05, 4.69) is 27.7 Å². The molecule has 28 heavy (non-hydrogen) atoms. The van der Waals surface area contributed by atoms with Crippen LogP contribution in [0.5, 0.6) is 17.2 Å². The van der Waals surface area contributed by atoms with Gasteiger partial charge < -0.3 is 14.9 Å². The fourth-order valence-electron chi connectivity index (χ4n) is 6.36. The van der Waals surface area contributed by atoms with E-state index in [9.17, 15) is 19.8 Å². The molecule has 0 radical (unpaired) electrons. The van der Waals surface area contributed by atoms with E-state index in [0.717, 1.165) is 32.1 Å². The lowest BCUT2D eigenvalue weighted by Gasteiger charge is -2.66. The maximum atomic E-state index is 11.9. The fourth-order valence-corrected chi connectivity index (χ4v) is 6.36. The van der Waals surface area contributed by atoms with Crippen molar-refractivity contribution >= 4 is 12.6 Å². The number of fused-ring (bicyclic) bond motifs is 2. The summed E-state index contributed by atoms with van der Waals surface area (Å²) in [5.74, 6) is 1.02. The highest BCUT2D eigenvalue weighted by Crippen LogP contribution is 2.67. The molecule has 5 nitrogen and oxygen atoms in total. The second-order valence-corrected chi connectivity index (χ2v) is 10.0. The van der Waals surface area contributed by atoms with Crippen LogP contribution in [0.4, 0.5) is 0 Å². The van der Waals surface area contributed by atoms with Crippen LogP contribution in [-0.2, 0) is 0 Å². The third-order valence-corrected chi connectivity index (χ3v) is 7.83. The molecule has 3 aliphatic carbocycles. The molecule has 0 aromatic heterocycles. The Hall–Kier alpha value is -2.04. The maximum absolute atomic E-state index is 11.9. The monoisotopic (exact) mass is 386 g/mol. The first-order valence-electron chi connectivity index (χ1n) is 10.4. The minimum absolute atomic E-state index is 0.0121. The van der Waals surface area contributed by atoms with Gasteiger partial charge in [0.2, 0.25) is 0 Å². The highest BCUT2D eigenvalue weighted by atomic mass is 16.5. The number of aldehydes is 2. The van der Waals surface area contributed by atoms with Gasteiger partial charge in [-0.1, -0.05) is 27.7 Å². The quantitative estimate of drug-likeness (QED) is 0.724. The van der Waals surface area contributed by atoms with E-state index in [-0.39, 0.29) is 39.6 Å². The van der Waals surface area contributed by atoms with Crippen LogP contribution >= 0.6 is 0 Å². The zero-order chi connectivity index (χ0) is 20.4. The number of hydrogen-bond donors (Lipinski definition) is 2. The summed E-state index contributed by atoms with van der Waals surface area (Å²) in [6.07, 6.45) is 5.69. The average Bonchev–Trinajstić information content (AvgIpc) is 2.61. The summed E-state index contributed by atoms with van der Waals surface area (Å²) in [5, 5.41) is 21.3. The third kappa shape index (κ3) is 2.44. The van der Waals surface area contributed by atoms with Gasteiger partial charge in [-0.15, -0.1) is 0 Å². The van der Waals surface area contributed by atoms with Gasteiger partial charge in [-0.25, -0.2) is 0 Å². The number of benzene rings is 1. The number of phenols is 2. The van der Waals surface area contributed by atoms with Gasteiger partial charge >= 0.3 is 0 Å². The Balaban J connectivity index is 1.91. The lowest BCUT2D eigenvalue weighted by Crippen LogP contribution is -2.65. The summed E-state index contributed by atoms with van der Waals surface area (Å²) in [5.41, 5.74) is 0.0839. The number of ether oxygens (including phenoxy) is 1.